The van der Waals surface area contributed by atoms with Crippen molar-refractivity contribution in [1.82, 2.24) is 4.90 Å². The van der Waals surface area contributed by atoms with Gasteiger partial charge >= 0.3 is 0 Å². The van der Waals surface area contributed by atoms with Crippen molar-refractivity contribution in [1.29, 1.82) is 0 Å². The highest BCUT2D eigenvalue weighted by atomic mass is 16.7. The molecule has 1 aromatic carbocycles. The van der Waals surface area contributed by atoms with Gasteiger partial charge in [0.15, 0.2) is 17.3 Å². The number of benzene rings is 1. The molecule has 0 N–H and O–H groups in total. The molecule has 1 heterocycles. The highest BCUT2D eigenvalue weighted by Gasteiger charge is 2.32. The smallest absolute Gasteiger partial charge is 0.231 e. The predicted molar refractivity (Wildman–Crippen MR) is 78.6 cm³/mol. The molecule has 1 aliphatic carbocycles. The summed E-state index contributed by atoms with van der Waals surface area (Å²) in [5.74, 6) is 1.35. The van der Waals surface area contributed by atoms with E-state index in [9.17, 15) is 9.59 Å². The standard InChI is InChI=1S/C14H15NO4.C2H6/c1-15(14(17)9-2-3-9)7-11(16)10-4-5-12-13(6-10)19-8-18-12;1-2/h4-6,9H,2-3,7-8H2,1H3;1-2H3. The SMILES string of the molecule is CC.CN(CC(=O)c1ccc2c(c1)OCO2)C(=O)C1CC1. The number of nitrogens with zero attached hydrogens (tertiary/aromatic N) is 1. The first kappa shape index (κ1) is 15.4. The van der Waals surface area contributed by atoms with Crippen molar-refractivity contribution in [2.24, 2.45) is 5.92 Å². The van der Waals surface area contributed by atoms with Gasteiger partial charge in [0.1, 0.15) is 0 Å². The molecular weight excluding hydrogens is 270 g/mol. The molecule has 0 spiro atoms. The zero-order chi connectivity index (χ0) is 15.4. The molecule has 1 amide bonds. The third kappa shape index (κ3) is 3.54. The summed E-state index contributed by atoms with van der Waals surface area (Å²) in [5, 5.41) is 0. The second kappa shape index (κ2) is 6.61. The minimum atomic E-state index is -0.0881. The molecule has 0 bridgehead atoms. The number of rotatable bonds is 4. The van der Waals surface area contributed by atoms with Crippen molar-refractivity contribution in [3.63, 3.8) is 0 Å². The first-order valence-corrected chi connectivity index (χ1v) is 7.33. The fourth-order valence-electron chi connectivity index (χ4n) is 2.10. The van der Waals surface area contributed by atoms with Gasteiger partial charge in [0.05, 0.1) is 6.54 Å². The Balaban J connectivity index is 0.000000774. The fraction of sp³-hybridized carbons (Fsp3) is 0.500. The van der Waals surface area contributed by atoms with Gasteiger partial charge in [-0.25, -0.2) is 0 Å². The molecule has 21 heavy (non-hydrogen) atoms. The number of ether oxygens (including phenoxy) is 2. The number of Topliss-reactive ketones (excluding diaryl/α,β-unsaturated/α-hetero) is 1. The zero-order valence-corrected chi connectivity index (χ0v) is 12.7. The van der Waals surface area contributed by atoms with Crippen LogP contribution in [0.5, 0.6) is 11.5 Å². The van der Waals surface area contributed by atoms with Gasteiger partial charge in [-0.1, -0.05) is 13.8 Å². The molecule has 0 aromatic heterocycles. The number of fused-ring (bicyclic) bond motifs is 1. The van der Waals surface area contributed by atoms with Crippen LogP contribution in [0.4, 0.5) is 0 Å². The van der Waals surface area contributed by atoms with Crippen LogP contribution in [0.1, 0.15) is 37.0 Å². The molecule has 1 aliphatic heterocycles. The lowest BCUT2D eigenvalue weighted by Gasteiger charge is -2.16. The Kier molecular flexibility index (Phi) is 4.83. The van der Waals surface area contributed by atoms with E-state index in [1.54, 1.807) is 25.2 Å². The lowest BCUT2D eigenvalue weighted by Crippen LogP contribution is -2.33. The van der Waals surface area contributed by atoms with Crippen molar-refractivity contribution < 1.29 is 19.1 Å². The van der Waals surface area contributed by atoms with Crippen molar-refractivity contribution in [3.05, 3.63) is 23.8 Å². The highest BCUT2D eigenvalue weighted by Crippen LogP contribution is 2.33. The number of carbonyl (C=O) groups is 2. The van der Waals surface area contributed by atoms with Crippen LogP contribution in [0.25, 0.3) is 0 Å². The van der Waals surface area contributed by atoms with Gasteiger partial charge < -0.3 is 14.4 Å². The molecule has 5 nitrogen and oxygen atoms in total. The summed E-state index contributed by atoms with van der Waals surface area (Å²) >= 11 is 0. The summed E-state index contributed by atoms with van der Waals surface area (Å²) in [7, 11) is 1.67. The third-order valence-electron chi connectivity index (χ3n) is 3.38. The van der Waals surface area contributed by atoms with Crippen molar-refractivity contribution in [2.45, 2.75) is 26.7 Å². The Bertz CT molecular complexity index is 537. The van der Waals surface area contributed by atoms with Gasteiger partial charge in [-0.3, -0.25) is 9.59 Å². The maximum atomic E-state index is 12.1. The Morgan fingerprint density at radius 2 is 1.86 bits per heavy atom. The minimum absolute atomic E-state index is 0.0640. The van der Waals surface area contributed by atoms with Crippen LogP contribution in [-0.4, -0.2) is 37.0 Å². The molecule has 5 heteroatoms. The molecule has 2 aliphatic rings. The Morgan fingerprint density at radius 1 is 1.19 bits per heavy atom. The Morgan fingerprint density at radius 3 is 2.52 bits per heavy atom. The third-order valence-corrected chi connectivity index (χ3v) is 3.38. The van der Waals surface area contributed by atoms with Crippen molar-refractivity contribution >= 4 is 11.7 Å². The van der Waals surface area contributed by atoms with Crippen LogP contribution in [0.15, 0.2) is 18.2 Å². The van der Waals surface area contributed by atoms with E-state index >= 15 is 0 Å². The number of ketones is 1. The minimum Gasteiger partial charge on any atom is -0.454 e. The van der Waals surface area contributed by atoms with E-state index in [4.69, 9.17) is 9.47 Å². The zero-order valence-electron chi connectivity index (χ0n) is 12.7. The summed E-state index contributed by atoms with van der Waals surface area (Å²) in [6, 6.07) is 5.09. The van der Waals surface area contributed by atoms with Crippen molar-refractivity contribution in [3.8, 4) is 11.5 Å². The van der Waals surface area contributed by atoms with Crippen LogP contribution in [0.3, 0.4) is 0 Å². The van der Waals surface area contributed by atoms with E-state index in [1.165, 1.54) is 4.90 Å². The summed E-state index contributed by atoms with van der Waals surface area (Å²) in [5.41, 5.74) is 0.541. The quantitative estimate of drug-likeness (QED) is 0.800. The normalized spacial score (nSPS) is 15.0. The lowest BCUT2D eigenvalue weighted by atomic mass is 10.1. The van der Waals surface area contributed by atoms with Crippen LogP contribution in [0.2, 0.25) is 0 Å². The van der Waals surface area contributed by atoms with Gasteiger partial charge in [-0.15, -0.1) is 0 Å². The van der Waals surface area contributed by atoms with Crippen LogP contribution >= 0.6 is 0 Å². The molecule has 0 atom stereocenters. The first-order chi connectivity index (χ1) is 10.1. The topological polar surface area (TPSA) is 55.8 Å². The number of hydrogen-bond donors (Lipinski definition) is 0. The molecule has 114 valence electrons. The maximum Gasteiger partial charge on any atom is 0.231 e. The van der Waals surface area contributed by atoms with Crippen LogP contribution < -0.4 is 9.47 Å². The van der Waals surface area contributed by atoms with E-state index in [1.807, 2.05) is 13.8 Å². The van der Waals surface area contributed by atoms with E-state index in [0.717, 1.165) is 12.8 Å². The molecule has 0 saturated heterocycles. The second-order valence-electron chi connectivity index (χ2n) is 4.96. The van der Waals surface area contributed by atoms with Gasteiger partial charge in [-0.05, 0) is 31.0 Å². The highest BCUT2D eigenvalue weighted by molar-refractivity contribution is 6.00. The van der Waals surface area contributed by atoms with Crippen LogP contribution in [-0.2, 0) is 4.79 Å². The van der Waals surface area contributed by atoms with E-state index in [-0.39, 0.29) is 30.9 Å². The molecule has 3 rings (SSSR count). The average Bonchev–Trinajstić information content (AvgIpc) is 3.25. The molecule has 1 aromatic rings. The van der Waals surface area contributed by atoms with Gasteiger partial charge in [0.2, 0.25) is 12.7 Å². The molecule has 1 saturated carbocycles. The summed E-state index contributed by atoms with van der Waals surface area (Å²) < 4.78 is 10.4. The van der Waals surface area contributed by atoms with E-state index < -0.39 is 0 Å². The lowest BCUT2D eigenvalue weighted by molar-refractivity contribution is -0.130. The van der Waals surface area contributed by atoms with Gasteiger partial charge in [-0.2, -0.15) is 0 Å². The predicted octanol–water partition coefficient (Wildman–Crippen LogP) is 2.49. The van der Waals surface area contributed by atoms with Gasteiger partial charge in [0.25, 0.3) is 0 Å². The monoisotopic (exact) mass is 291 g/mol. The summed E-state index contributed by atoms with van der Waals surface area (Å²) in [4.78, 5) is 25.4. The number of carbonyl (C=O) groups excluding carboxylic acids is 2. The molecule has 0 radical (unpaired) electrons. The first-order valence-electron chi connectivity index (χ1n) is 7.33. The summed E-state index contributed by atoms with van der Waals surface area (Å²) in [6.45, 7) is 4.29. The maximum absolute atomic E-state index is 12.1. The Labute approximate surface area is 124 Å². The van der Waals surface area contributed by atoms with Crippen LogP contribution in [0, 0.1) is 5.92 Å². The number of likely N-dealkylation sites (N-methyl/N-ethyl adjacent to an activating group) is 1. The molecule has 1 fully saturated rings. The van der Waals surface area contributed by atoms with Crippen molar-refractivity contribution in [2.75, 3.05) is 20.4 Å². The van der Waals surface area contributed by atoms with E-state index in [0.29, 0.717) is 17.1 Å². The largest absolute Gasteiger partial charge is 0.454 e. The van der Waals surface area contributed by atoms with Gasteiger partial charge in [0, 0.05) is 18.5 Å². The van der Waals surface area contributed by atoms with E-state index in [2.05, 4.69) is 0 Å². The summed E-state index contributed by atoms with van der Waals surface area (Å²) in [6.07, 6.45) is 1.89. The molecular formula is C16H21NO4. The molecule has 0 unspecified atom stereocenters. The fourth-order valence-corrected chi connectivity index (χ4v) is 2.10. The number of amides is 1. The second-order valence-corrected chi connectivity index (χ2v) is 4.96. The average molecular weight is 291 g/mol. The Hall–Kier alpha value is -2.04. The number of hydrogen-bond acceptors (Lipinski definition) is 4.